The summed E-state index contributed by atoms with van der Waals surface area (Å²) in [5, 5.41) is 0. The molecule has 2 aromatic heterocycles. The number of hydrogen-bond donors (Lipinski definition) is 1. The molecule has 1 aliphatic rings. The van der Waals surface area contributed by atoms with Crippen molar-refractivity contribution in [1.29, 1.82) is 0 Å². The summed E-state index contributed by atoms with van der Waals surface area (Å²) >= 11 is 5.52. The lowest BCUT2D eigenvalue weighted by Gasteiger charge is -2.32. The number of rotatable bonds is 2. The lowest BCUT2D eigenvalue weighted by atomic mass is 9.80. The zero-order chi connectivity index (χ0) is 14.3. The largest absolute Gasteiger partial charge is 0.481 e. The number of fused-ring (bicyclic) bond motifs is 1. The summed E-state index contributed by atoms with van der Waals surface area (Å²) in [4.78, 5) is 7.85. The molecule has 0 aliphatic heterocycles. The van der Waals surface area contributed by atoms with Gasteiger partial charge in [0.15, 0.2) is 10.4 Å². The first kappa shape index (κ1) is 13.6. The molecule has 0 aromatic carbocycles. The van der Waals surface area contributed by atoms with Crippen LogP contribution in [0.3, 0.4) is 0 Å². The van der Waals surface area contributed by atoms with E-state index < -0.39 is 0 Å². The van der Waals surface area contributed by atoms with Gasteiger partial charge < -0.3 is 9.72 Å². The fourth-order valence-corrected chi connectivity index (χ4v) is 3.90. The zero-order valence-corrected chi connectivity index (χ0v) is 13.0. The number of aromatic nitrogens is 3. The highest BCUT2D eigenvalue weighted by Crippen LogP contribution is 2.37. The summed E-state index contributed by atoms with van der Waals surface area (Å²) in [6.45, 7) is 4.66. The molecule has 3 rings (SSSR count). The number of hydrogen-bond acceptors (Lipinski definition) is 3. The van der Waals surface area contributed by atoms with Crippen LogP contribution in [0.25, 0.3) is 11.2 Å². The number of pyridine rings is 1. The van der Waals surface area contributed by atoms with Crippen LogP contribution in [-0.2, 0) is 0 Å². The Morgan fingerprint density at radius 3 is 2.60 bits per heavy atom. The van der Waals surface area contributed by atoms with Crippen molar-refractivity contribution in [1.82, 2.24) is 14.5 Å². The highest BCUT2D eigenvalue weighted by Gasteiger charge is 2.27. The number of ether oxygens (including phenoxy) is 1. The van der Waals surface area contributed by atoms with Gasteiger partial charge in [-0.15, -0.1) is 0 Å². The van der Waals surface area contributed by atoms with E-state index in [1.165, 1.54) is 19.3 Å². The standard InChI is InChI=1S/C15H21N3OS/c1-9-6-10(2)8-11(7-9)18-14-12(16-15(18)20)4-5-13(17-14)19-3/h4-5,9-11H,6-8H2,1-3H3,(H,16,20). The Bertz CT molecular complexity index is 665. The predicted octanol–water partition coefficient (Wildman–Crippen LogP) is 4.10. The van der Waals surface area contributed by atoms with Gasteiger partial charge in [0, 0.05) is 12.1 Å². The van der Waals surface area contributed by atoms with Gasteiger partial charge in [-0.25, -0.2) is 0 Å². The Labute approximate surface area is 124 Å². The predicted molar refractivity (Wildman–Crippen MR) is 82.7 cm³/mol. The number of H-pyrrole nitrogens is 1. The monoisotopic (exact) mass is 291 g/mol. The Morgan fingerprint density at radius 1 is 1.25 bits per heavy atom. The fraction of sp³-hybridized carbons (Fsp3) is 0.600. The number of aromatic amines is 1. The van der Waals surface area contributed by atoms with E-state index in [0.717, 1.165) is 27.8 Å². The molecule has 1 N–H and O–H groups in total. The Balaban J connectivity index is 2.10. The summed E-state index contributed by atoms with van der Waals surface area (Å²) in [5.41, 5.74) is 1.90. The second-order valence-electron chi connectivity index (χ2n) is 6.10. The van der Waals surface area contributed by atoms with E-state index in [1.807, 2.05) is 12.1 Å². The molecule has 5 heteroatoms. The maximum atomic E-state index is 5.52. The lowest BCUT2D eigenvalue weighted by Crippen LogP contribution is -2.23. The third kappa shape index (κ3) is 2.35. The summed E-state index contributed by atoms with van der Waals surface area (Å²) in [7, 11) is 1.64. The van der Waals surface area contributed by atoms with Crippen LogP contribution in [0, 0.1) is 16.6 Å². The molecule has 1 aliphatic carbocycles. The van der Waals surface area contributed by atoms with Gasteiger partial charge >= 0.3 is 0 Å². The van der Waals surface area contributed by atoms with Gasteiger partial charge in [-0.05, 0) is 49.4 Å². The van der Waals surface area contributed by atoms with Crippen LogP contribution >= 0.6 is 12.2 Å². The van der Waals surface area contributed by atoms with E-state index in [2.05, 4.69) is 28.4 Å². The minimum atomic E-state index is 0.439. The van der Waals surface area contributed by atoms with Gasteiger partial charge in [0.2, 0.25) is 5.88 Å². The van der Waals surface area contributed by atoms with Crippen LogP contribution in [0.2, 0.25) is 0 Å². The van der Waals surface area contributed by atoms with Crippen molar-refractivity contribution in [2.24, 2.45) is 11.8 Å². The molecule has 2 atom stereocenters. The molecule has 108 valence electrons. The summed E-state index contributed by atoms with van der Waals surface area (Å²) in [6, 6.07) is 4.29. The topological polar surface area (TPSA) is 42.8 Å². The van der Waals surface area contributed by atoms with E-state index in [1.54, 1.807) is 7.11 Å². The van der Waals surface area contributed by atoms with E-state index >= 15 is 0 Å². The Kier molecular flexibility index (Phi) is 3.54. The van der Waals surface area contributed by atoms with Gasteiger partial charge in [0.05, 0.1) is 12.6 Å². The van der Waals surface area contributed by atoms with Crippen LogP contribution in [0.1, 0.15) is 39.2 Å². The van der Waals surface area contributed by atoms with Gasteiger partial charge in [0.1, 0.15) is 0 Å². The molecule has 1 saturated carbocycles. The summed E-state index contributed by atoms with van der Waals surface area (Å²) in [6.07, 6.45) is 3.65. The lowest BCUT2D eigenvalue weighted by molar-refractivity contribution is 0.223. The van der Waals surface area contributed by atoms with E-state index in [-0.39, 0.29) is 0 Å². The zero-order valence-electron chi connectivity index (χ0n) is 12.2. The van der Waals surface area contributed by atoms with Crippen LogP contribution < -0.4 is 4.74 Å². The molecular formula is C15H21N3OS. The average Bonchev–Trinajstić information content (AvgIpc) is 2.72. The molecule has 0 saturated heterocycles. The number of nitrogens with zero attached hydrogens (tertiary/aromatic N) is 2. The first-order valence-electron chi connectivity index (χ1n) is 7.23. The molecule has 0 radical (unpaired) electrons. The first-order chi connectivity index (χ1) is 9.58. The van der Waals surface area contributed by atoms with Gasteiger partial charge in [-0.2, -0.15) is 4.98 Å². The highest BCUT2D eigenvalue weighted by molar-refractivity contribution is 7.71. The van der Waals surface area contributed by atoms with Crippen molar-refractivity contribution in [2.75, 3.05) is 7.11 Å². The summed E-state index contributed by atoms with van der Waals surface area (Å²) in [5.74, 6) is 2.11. The Morgan fingerprint density at radius 2 is 1.95 bits per heavy atom. The maximum absolute atomic E-state index is 5.52. The van der Waals surface area contributed by atoms with Crippen LogP contribution in [0.4, 0.5) is 0 Å². The van der Waals surface area contributed by atoms with Crippen molar-refractivity contribution in [3.05, 3.63) is 16.9 Å². The number of nitrogens with one attached hydrogen (secondary N) is 1. The molecule has 2 aromatic rings. The average molecular weight is 291 g/mol. The SMILES string of the molecule is COc1ccc2[nH]c(=S)n(C3CC(C)CC(C)C3)c2n1. The summed E-state index contributed by atoms with van der Waals surface area (Å²) < 4.78 is 8.21. The van der Waals surface area contributed by atoms with Crippen molar-refractivity contribution in [3.8, 4) is 5.88 Å². The van der Waals surface area contributed by atoms with Crippen molar-refractivity contribution in [2.45, 2.75) is 39.2 Å². The van der Waals surface area contributed by atoms with Crippen molar-refractivity contribution < 1.29 is 4.74 Å². The molecule has 1 fully saturated rings. The minimum Gasteiger partial charge on any atom is -0.481 e. The van der Waals surface area contributed by atoms with E-state index in [9.17, 15) is 0 Å². The first-order valence-corrected chi connectivity index (χ1v) is 7.64. The molecule has 0 bridgehead atoms. The van der Waals surface area contributed by atoms with Crippen LogP contribution in [0.15, 0.2) is 12.1 Å². The normalized spacial score (nSPS) is 26.9. The van der Waals surface area contributed by atoms with Gasteiger partial charge in [-0.3, -0.25) is 4.57 Å². The molecule has 0 spiro atoms. The van der Waals surface area contributed by atoms with E-state index in [4.69, 9.17) is 17.0 Å². The second kappa shape index (κ2) is 5.20. The van der Waals surface area contributed by atoms with E-state index in [0.29, 0.717) is 11.9 Å². The smallest absolute Gasteiger partial charge is 0.215 e. The third-order valence-corrected chi connectivity index (χ3v) is 4.56. The van der Waals surface area contributed by atoms with Crippen molar-refractivity contribution >= 4 is 23.4 Å². The maximum Gasteiger partial charge on any atom is 0.215 e. The number of imidazole rings is 1. The quantitative estimate of drug-likeness (QED) is 0.847. The van der Waals surface area contributed by atoms with Crippen molar-refractivity contribution in [3.63, 3.8) is 0 Å². The highest BCUT2D eigenvalue weighted by atomic mass is 32.1. The molecule has 4 nitrogen and oxygen atoms in total. The molecule has 2 heterocycles. The second-order valence-corrected chi connectivity index (χ2v) is 6.48. The molecule has 20 heavy (non-hydrogen) atoms. The van der Waals surface area contributed by atoms with Gasteiger partial charge in [-0.1, -0.05) is 13.8 Å². The number of methoxy groups -OCH3 is 1. The molecule has 2 unspecified atom stereocenters. The van der Waals surface area contributed by atoms with Gasteiger partial charge in [0.25, 0.3) is 0 Å². The Hall–Kier alpha value is -1.36. The molecular weight excluding hydrogens is 270 g/mol. The van der Waals surface area contributed by atoms with Crippen LogP contribution in [-0.4, -0.2) is 21.6 Å². The minimum absolute atomic E-state index is 0.439. The van der Waals surface area contributed by atoms with Crippen LogP contribution in [0.5, 0.6) is 5.88 Å². The molecule has 0 amide bonds. The third-order valence-electron chi connectivity index (χ3n) is 4.27. The fourth-order valence-electron chi connectivity index (χ4n) is 3.55.